The molecule has 2 aliphatic heterocycles. The zero-order valence-corrected chi connectivity index (χ0v) is 18.1. The average molecular weight is 429 g/mol. The first-order chi connectivity index (χ1) is 14.5. The summed E-state index contributed by atoms with van der Waals surface area (Å²) in [5, 5.41) is 0. The molecule has 0 aliphatic carbocycles. The Kier molecular flexibility index (Phi) is 6.11. The number of carbonyl (C=O) groups excluding carboxylic acids is 1. The highest BCUT2D eigenvalue weighted by Gasteiger charge is 2.32. The topological polar surface area (TPSA) is 66.9 Å². The van der Waals surface area contributed by atoms with Crippen LogP contribution in [0.25, 0.3) is 0 Å². The molecule has 2 aromatic carbocycles. The van der Waals surface area contributed by atoms with Crippen LogP contribution in [0.15, 0.2) is 53.4 Å². The number of carbonyl (C=O) groups is 1. The molecule has 1 unspecified atom stereocenters. The Morgan fingerprint density at radius 2 is 1.73 bits per heavy atom. The zero-order valence-electron chi connectivity index (χ0n) is 17.3. The number of rotatable bonds is 5. The normalized spacial score (nSPS) is 20.3. The fraction of sp³-hybridized carbons (Fsp3) is 0.435. The molecule has 30 heavy (non-hydrogen) atoms. The Bertz CT molecular complexity index is 1020. The molecule has 0 radical (unpaired) electrons. The molecular formula is C23H28N2O4S. The molecule has 1 amide bonds. The first-order valence-corrected chi connectivity index (χ1v) is 12.0. The van der Waals surface area contributed by atoms with E-state index in [9.17, 15) is 13.2 Å². The molecule has 2 aromatic rings. The number of piperidine rings is 1. The van der Waals surface area contributed by atoms with E-state index in [1.54, 1.807) is 25.3 Å². The molecule has 2 saturated heterocycles. The molecule has 4 rings (SSSR count). The molecule has 7 heteroatoms. The molecule has 0 bridgehead atoms. The predicted molar refractivity (Wildman–Crippen MR) is 115 cm³/mol. The van der Waals surface area contributed by atoms with Crippen LogP contribution < -0.4 is 4.74 Å². The maximum Gasteiger partial charge on any atom is 0.254 e. The molecule has 2 heterocycles. The molecule has 6 nitrogen and oxygen atoms in total. The van der Waals surface area contributed by atoms with Crippen LogP contribution >= 0.6 is 0 Å². The molecule has 0 aromatic heterocycles. The highest BCUT2D eigenvalue weighted by atomic mass is 32.2. The second kappa shape index (κ2) is 8.78. The lowest BCUT2D eigenvalue weighted by molar-refractivity contribution is 0.0735. The summed E-state index contributed by atoms with van der Waals surface area (Å²) in [4.78, 5) is 15.4. The van der Waals surface area contributed by atoms with Gasteiger partial charge < -0.3 is 9.64 Å². The second-order valence-corrected chi connectivity index (χ2v) is 9.86. The number of benzene rings is 2. The minimum absolute atomic E-state index is 0.0324. The Morgan fingerprint density at radius 1 is 0.967 bits per heavy atom. The van der Waals surface area contributed by atoms with Gasteiger partial charge in [-0.1, -0.05) is 24.6 Å². The van der Waals surface area contributed by atoms with Crippen molar-refractivity contribution in [2.45, 2.75) is 43.0 Å². The lowest BCUT2D eigenvalue weighted by Gasteiger charge is -2.27. The lowest BCUT2D eigenvalue weighted by atomic mass is 10.0. The van der Waals surface area contributed by atoms with E-state index in [-0.39, 0.29) is 16.8 Å². The van der Waals surface area contributed by atoms with Gasteiger partial charge in [0.25, 0.3) is 5.91 Å². The van der Waals surface area contributed by atoms with E-state index >= 15 is 0 Å². The summed E-state index contributed by atoms with van der Waals surface area (Å²) >= 11 is 0. The van der Waals surface area contributed by atoms with Crippen molar-refractivity contribution in [3.8, 4) is 5.75 Å². The molecule has 160 valence electrons. The summed E-state index contributed by atoms with van der Waals surface area (Å²) < 4.78 is 32.9. The van der Waals surface area contributed by atoms with Crippen molar-refractivity contribution in [1.29, 1.82) is 0 Å². The highest BCUT2D eigenvalue weighted by molar-refractivity contribution is 7.89. The van der Waals surface area contributed by atoms with Gasteiger partial charge in [-0.25, -0.2) is 8.42 Å². The van der Waals surface area contributed by atoms with E-state index in [2.05, 4.69) is 0 Å². The third kappa shape index (κ3) is 4.09. The monoisotopic (exact) mass is 428 g/mol. The van der Waals surface area contributed by atoms with Crippen molar-refractivity contribution in [2.75, 3.05) is 26.7 Å². The van der Waals surface area contributed by atoms with Crippen molar-refractivity contribution in [3.05, 3.63) is 59.7 Å². The Hall–Kier alpha value is -2.38. The third-order valence-electron chi connectivity index (χ3n) is 6.03. The van der Waals surface area contributed by atoms with Gasteiger partial charge in [-0.15, -0.1) is 0 Å². The number of hydrogen-bond acceptors (Lipinski definition) is 4. The predicted octanol–water partition coefficient (Wildman–Crippen LogP) is 3.85. The average Bonchev–Trinajstić information content (AvgIpc) is 3.29. The van der Waals surface area contributed by atoms with E-state index in [1.165, 1.54) is 10.4 Å². The minimum Gasteiger partial charge on any atom is -0.497 e. The lowest BCUT2D eigenvalue weighted by Crippen LogP contribution is -2.36. The van der Waals surface area contributed by atoms with Crippen LogP contribution in [0.4, 0.5) is 0 Å². The van der Waals surface area contributed by atoms with Gasteiger partial charge in [0.2, 0.25) is 10.0 Å². The van der Waals surface area contributed by atoms with Gasteiger partial charge in [-0.2, -0.15) is 4.31 Å². The van der Waals surface area contributed by atoms with E-state index in [4.69, 9.17) is 4.74 Å². The SMILES string of the molecule is COc1cccc(C2CCCN2C(=O)c2cccc(S(=O)(=O)N3CCCCC3)c2)c1. The van der Waals surface area contributed by atoms with Crippen LogP contribution in [0, 0.1) is 0 Å². The molecule has 2 aliphatic rings. The van der Waals surface area contributed by atoms with Gasteiger partial charge in [-0.3, -0.25) is 4.79 Å². The van der Waals surface area contributed by atoms with E-state index in [0.717, 1.165) is 43.4 Å². The van der Waals surface area contributed by atoms with Crippen molar-refractivity contribution in [3.63, 3.8) is 0 Å². The van der Waals surface area contributed by atoms with Crippen molar-refractivity contribution >= 4 is 15.9 Å². The fourth-order valence-corrected chi connectivity index (χ4v) is 5.98. The molecule has 0 saturated carbocycles. The van der Waals surface area contributed by atoms with Crippen LogP contribution in [0.1, 0.15) is 54.1 Å². The molecule has 0 spiro atoms. The Morgan fingerprint density at radius 3 is 2.50 bits per heavy atom. The zero-order chi connectivity index (χ0) is 21.1. The molecule has 2 fully saturated rings. The van der Waals surface area contributed by atoms with Crippen LogP contribution in [0.5, 0.6) is 5.75 Å². The third-order valence-corrected chi connectivity index (χ3v) is 7.92. The standard InChI is InChI=1S/C23H28N2O4S/c1-29-20-10-5-8-18(16-20)22-12-7-15-25(22)23(26)19-9-6-11-21(17-19)30(27,28)24-13-3-2-4-14-24/h5-6,8-11,16-17,22H,2-4,7,12-15H2,1H3. The van der Waals surface area contributed by atoms with Gasteiger partial charge >= 0.3 is 0 Å². The maximum absolute atomic E-state index is 13.3. The largest absolute Gasteiger partial charge is 0.497 e. The molecule has 1 atom stereocenters. The number of methoxy groups -OCH3 is 1. The first-order valence-electron chi connectivity index (χ1n) is 10.6. The van der Waals surface area contributed by atoms with Crippen LogP contribution in [0.2, 0.25) is 0 Å². The number of amides is 1. The number of sulfonamides is 1. The summed E-state index contributed by atoms with van der Waals surface area (Å²) in [6.45, 7) is 1.75. The van der Waals surface area contributed by atoms with Gasteiger partial charge in [0.15, 0.2) is 0 Å². The molecule has 0 N–H and O–H groups in total. The van der Waals surface area contributed by atoms with Crippen molar-refractivity contribution in [1.82, 2.24) is 9.21 Å². The van der Waals surface area contributed by atoms with Crippen LogP contribution in [-0.4, -0.2) is 50.3 Å². The number of ether oxygens (including phenoxy) is 1. The van der Waals surface area contributed by atoms with Gasteiger partial charge in [0.05, 0.1) is 18.0 Å². The van der Waals surface area contributed by atoms with E-state index in [1.807, 2.05) is 29.2 Å². The number of nitrogens with zero attached hydrogens (tertiary/aromatic N) is 2. The van der Waals surface area contributed by atoms with Crippen LogP contribution in [0.3, 0.4) is 0 Å². The number of hydrogen-bond donors (Lipinski definition) is 0. The van der Waals surface area contributed by atoms with E-state index < -0.39 is 10.0 Å². The van der Waals surface area contributed by atoms with Gasteiger partial charge in [-0.05, 0) is 61.6 Å². The van der Waals surface area contributed by atoms with E-state index in [0.29, 0.717) is 25.2 Å². The van der Waals surface area contributed by atoms with Crippen LogP contribution in [-0.2, 0) is 10.0 Å². The summed E-state index contributed by atoms with van der Waals surface area (Å²) in [6.07, 6.45) is 4.62. The smallest absolute Gasteiger partial charge is 0.254 e. The van der Waals surface area contributed by atoms with Crippen molar-refractivity contribution in [2.24, 2.45) is 0 Å². The molecular weight excluding hydrogens is 400 g/mol. The van der Waals surface area contributed by atoms with Crippen molar-refractivity contribution < 1.29 is 17.9 Å². The van der Waals surface area contributed by atoms with Gasteiger partial charge in [0, 0.05) is 25.2 Å². The number of likely N-dealkylation sites (tertiary alicyclic amines) is 1. The fourth-order valence-electron chi connectivity index (χ4n) is 4.41. The maximum atomic E-state index is 13.3. The minimum atomic E-state index is -3.57. The second-order valence-electron chi connectivity index (χ2n) is 7.93. The first kappa shape index (κ1) is 20.9. The Balaban J connectivity index is 1.59. The summed E-state index contributed by atoms with van der Waals surface area (Å²) in [5.41, 5.74) is 1.46. The van der Waals surface area contributed by atoms with Gasteiger partial charge in [0.1, 0.15) is 5.75 Å². The highest BCUT2D eigenvalue weighted by Crippen LogP contribution is 2.35. The summed E-state index contributed by atoms with van der Waals surface area (Å²) in [7, 11) is -1.94. The Labute approximate surface area is 178 Å². The summed E-state index contributed by atoms with van der Waals surface area (Å²) in [6, 6.07) is 14.3. The summed E-state index contributed by atoms with van der Waals surface area (Å²) in [5.74, 6) is 0.637. The quantitative estimate of drug-likeness (QED) is 0.726.